The Morgan fingerprint density at radius 3 is 2.52 bits per heavy atom. The normalized spacial score (nSPS) is 11.3. The van der Waals surface area contributed by atoms with Gasteiger partial charge in [-0.15, -0.1) is 5.10 Å². The number of H-pyrrole nitrogens is 1. The van der Waals surface area contributed by atoms with Crippen LogP contribution in [-0.4, -0.2) is 38.3 Å². The molecule has 4 aromatic rings. The van der Waals surface area contributed by atoms with Crippen LogP contribution in [0.1, 0.15) is 13.8 Å². The minimum Gasteiger partial charge on any atom is -0.370 e. The van der Waals surface area contributed by atoms with Crippen molar-refractivity contribution in [2.45, 2.75) is 13.8 Å². The molecule has 0 spiro atoms. The van der Waals surface area contributed by atoms with E-state index in [2.05, 4.69) is 78.1 Å². The van der Waals surface area contributed by atoms with E-state index in [1.807, 2.05) is 24.3 Å². The Morgan fingerprint density at radius 2 is 1.89 bits per heavy atom. The zero-order chi connectivity index (χ0) is 19.0. The molecule has 1 N–H and O–H groups in total. The predicted octanol–water partition coefficient (Wildman–Crippen LogP) is 5.07. The maximum atomic E-state index is 6.46. The van der Waals surface area contributed by atoms with Crippen LogP contribution in [0.3, 0.4) is 0 Å². The van der Waals surface area contributed by atoms with Crippen LogP contribution >= 0.6 is 27.5 Å². The second-order valence-electron chi connectivity index (χ2n) is 6.07. The monoisotopic (exact) mass is 444 g/mol. The number of nitrogens with one attached hydrogen (secondary N) is 1. The van der Waals surface area contributed by atoms with Gasteiger partial charge in [-0.05, 0) is 64.5 Å². The van der Waals surface area contributed by atoms with Crippen molar-refractivity contribution in [3.8, 4) is 17.2 Å². The van der Waals surface area contributed by atoms with Crippen LogP contribution in [0.25, 0.3) is 28.1 Å². The quantitative estimate of drug-likeness (QED) is 0.466. The summed E-state index contributed by atoms with van der Waals surface area (Å²) in [7, 11) is 0. The summed E-state index contributed by atoms with van der Waals surface area (Å²) in [4.78, 5) is 2.31. The Hall–Kier alpha value is -2.38. The molecule has 27 heavy (non-hydrogen) atoms. The molecule has 0 aliphatic heterocycles. The van der Waals surface area contributed by atoms with Gasteiger partial charge >= 0.3 is 0 Å². The fourth-order valence-electron chi connectivity index (χ4n) is 3.45. The van der Waals surface area contributed by atoms with Crippen LogP contribution in [0.4, 0.5) is 5.69 Å². The molecule has 8 heteroatoms. The van der Waals surface area contributed by atoms with Crippen LogP contribution in [0.5, 0.6) is 0 Å². The molecule has 4 rings (SSSR count). The van der Waals surface area contributed by atoms with Crippen molar-refractivity contribution in [1.29, 1.82) is 0 Å². The Kier molecular flexibility index (Phi) is 4.88. The summed E-state index contributed by atoms with van der Waals surface area (Å²) in [6.45, 7) is 6.00. The number of anilines is 1. The van der Waals surface area contributed by atoms with Gasteiger partial charge in [0.25, 0.3) is 0 Å². The second kappa shape index (κ2) is 7.32. The molecule has 0 saturated carbocycles. The number of rotatable bonds is 5. The SMILES string of the molecule is CCN(CC)c1c(-c2nnn[nH]2)n(-c2ccccc2)c2cc(Cl)c(Br)cc12. The van der Waals surface area contributed by atoms with E-state index < -0.39 is 0 Å². The standard InChI is InChI=1S/C19H18BrClN6/c1-3-26(4-2)17-13-10-14(20)15(21)11-16(13)27(12-8-6-5-7-9-12)18(17)19-22-24-25-23-19/h5-11H,3-4H2,1-2H3,(H,22,23,24,25). The van der Waals surface area contributed by atoms with Crippen molar-refractivity contribution < 1.29 is 0 Å². The molecule has 2 aromatic carbocycles. The summed E-state index contributed by atoms with van der Waals surface area (Å²) < 4.78 is 3.02. The highest BCUT2D eigenvalue weighted by atomic mass is 79.9. The molecule has 0 saturated heterocycles. The highest BCUT2D eigenvalue weighted by Crippen LogP contribution is 2.43. The maximum Gasteiger partial charge on any atom is 0.198 e. The molecule has 0 atom stereocenters. The zero-order valence-electron chi connectivity index (χ0n) is 14.9. The Labute approximate surface area is 170 Å². The van der Waals surface area contributed by atoms with Crippen LogP contribution < -0.4 is 4.90 Å². The Bertz CT molecular complexity index is 1070. The van der Waals surface area contributed by atoms with Crippen LogP contribution in [0.15, 0.2) is 46.9 Å². The van der Waals surface area contributed by atoms with Gasteiger partial charge in [-0.3, -0.25) is 0 Å². The average molecular weight is 446 g/mol. The van der Waals surface area contributed by atoms with E-state index in [0.29, 0.717) is 10.8 Å². The molecule has 2 heterocycles. The van der Waals surface area contributed by atoms with Crippen molar-refractivity contribution >= 4 is 44.1 Å². The minimum absolute atomic E-state index is 0.615. The van der Waals surface area contributed by atoms with Gasteiger partial charge < -0.3 is 9.47 Å². The van der Waals surface area contributed by atoms with Gasteiger partial charge in [-0.2, -0.15) is 0 Å². The lowest BCUT2D eigenvalue weighted by Gasteiger charge is -2.22. The third-order valence-corrected chi connectivity index (χ3v) is 5.84. The van der Waals surface area contributed by atoms with E-state index in [9.17, 15) is 0 Å². The molecule has 0 aliphatic carbocycles. The smallest absolute Gasteiger partial charge is 0.198 e. The molecule has 138 valence electrons. The number of fused-ring (bicyclic) bond motifs is 1. The number of para-hydroxylation sites is 1. The van der Waals surface area contributed by atoms with E-state index >= 15 is 0 Å². The van der Waals surface area contributed by atoms with Crippen LogP contribution in [-0.2, 0) is 0 Å². The first-order valence-electron chi connectivity index (χ1n) is 8.73. The maximum absolute atomic E-state index is 6.46. The van der Waals surface area contributed by atoms with Crippen molar-refractivity contribution in [1.82, 2.24) is 25.2 Å². The number of aromatic nitrogens is 5. The first-order valence-corrected chi connectivity index (χ1v) is 9.90. The first-order chi connectivity index (χ1) is 13.2. The van der Waals surface area contributed by atoms with Gasteiger partial charge in [0.05, 0.1) is 16.2 Å². The highest BCUT2D eigenvalue weighted by Gasteiger charge is 2.25. The number of hydrogen-bond acceptors (Lipinski definition) is 4. The van der Waals surface area contributed by atoms with Gasteiger partial charge in [0.2, 0.25) is 0 Å². The Morgan fingerprint density at radius 1 is 1.15 bits per heavy atom. The van der Waals surface area contributed by atoms with Gasteiger partial charge in [0.1, 0.15) is 5.69 Å². The number of nitrogens with zero attached hydrogens (tertiary/aromatic N) is 5. The lowest BCUT2D eigenvalue weighted by Crippen LogP contribution is -2.22. The topological polar surface area (TPSA) is 62.6 Å². The molecule has 0 bridgehead atoms. The fourth-order valence-corrected chi connectivity index (χ4v) is 3.95. The largest absolute Gasteiger partial charge is 0.370 e. The van der Waals surface area contributed by atoms with Gasteiger partial charge in [-0.1, -0.05) is 29.8 Å². The molecule has 2 aromatic heterocycles. The number of tetrazole rings is 1. The summed E-state index contributed by atoms with van der Waals surface area (Å²) in [6, 6.07) is 14.2. The second-order valence-corrected chi connectivity index (χ2v) is 7.34. The number of hydrogen-bond donors (Lipinski definition) is 1. The summed E-state index contributed by atoms with van der Waals surface area (Å²) >= 11 is 10.0. The molecule has 0 amide bonds. The van der Waals surface area contributed by atoms with E-state index in [1.165, 1.54) is 0 Å². The number of benzene rings is 2. The molecule has 0 fully saturated rings. The highest BCUT2D eigenvalue weighted by molar-refractivity contribution is 9.10. The van der Waals surface area contributed by atoms with Crippen molar-refractivity contribution in [2.24, 2.45) is 0 Å². The Balaban J connectivity index is 2.19. The van der Waals surface area contributed by atoms with Gasteiger partial charge in [-0.25, -0.2) is 5.10 Å². The van der Waals surface area contributed by atoms with Crippen molar-refractivity contribution in [3.63, 3.8) is 0 Å². The summed E-state index contributed by atoms with van der Waals surface area (Å²) in [5.41, 5.74) is 4.02. The zero-order valence-corrected chi connectivity index (χ0v) is 17.3. The van der Waals surface area contributed by atoms with Crippen LogP contribution in [0.2, 0.25) is 5.02 Å². The predicted molar refractivity (Wildman–Crippen MR) is 113 cm³/mol. The lowest BCUT2D eigenvalue weighted by atomic mass is 10.2. The van der Waals surface area contributed by atoms with Crippen molar-refractivity contribution in [2.75, 3.05) is 18.0 Å². The van der Waals surface area contributed by atoms with E-state index in [-0.39, 0.29) is 0 Å². The van der Waals surface area contributed by atoms with Gasteiger partial charge in [0.15, 0.2) is 5.82 Å². The third-order valence-electron chi connectivity index (χ3n) is 4.65. The van der Waals surface area contributed by atoms with Crippen molar-refractivity contribution in [3.05, 3.63) is 52.0 Å². The third kappa shape index (κ3) is 3.00. The fraction of sp³-hybridized carbons (Fsp3) is 0.211. The van der Waals surface area contributed by atoms with E-state index in [0.717, 1.165) is 45.5 Å². The first kappa shape index (κ1) is 18.0. The molecule has 6 nitrogen and oxygen atoms in total. The minimum atomic E-state index is 0.615. The number of halogens is 2. The van der Waals surface area contributed by atoms with Crippen LogP contribution in [0, 0.1) is 0 Å². The lowest BCUT2D eigenvalue weighted by molar-refractivity contribution is 0.867. The summed E-state index contributed by atoms with van der Waals surface area (Å²) in [5, 5.41) is 16.5. The molecule has 0 unspecified atom stereocenters. The van der Waals surface area contributed by atoms with Gasteiger partial charge in [0, 0.05) is 28.6 Å². The van der Waals surface area contributed by atoms with E-state index in [4.69, 9.17) is 11.6 Å². The van der Waals surface area contributed by atoms with E-state index in [1.54, 1.807) is 0 Å². The molecule has 0 aliphatic rings. The molecular weight excluding hydrogens is 428 g/mol. The number of aromatic amines is 1. The average Bonchev–Trinajstić information content (AvgIpc) is 3.31. The summed E-state index contributed by atoms with van der Waals surface area (Å²) in [5.74, 6) is 0.615. The summed E-state index contributed by atoms with van der Waals surface area (Å²) in [6.07, 6.45) is 0. The molecular formula is C19H18BrClN6. The molecule has 0 radical (unpaired) electrons.